The molecule has 1 aromatic heterocycles. The zero-order chi connectivity index (χ0) is 9.84. The first-order valence-corrected chi connectivity index (χ1v) is 5.14. The summed E-state index contributed by atoms with van der Waals surface area (Å²) in [6.07, 6.45) is 0.866. The van der Waals surface area contributed by atoms with E-state index >= 15 is 0 Å². The summed E-state index contributed by atoms with van der Waals surface area (Å²) in [6, 6.07) is 0. The lowest BCUT2D eigenvalue weighted by atomic mass is 10.4. The number of nitrogens with zero attached hydrogens (tertiary/aromatic N) is 1. The lowest BCUT2D eigenvalue weighted by Crippen LogP contribution is -2.03. The van der Waals surface area contributed by atoms with Gasteiger partial charge in [0.25, 0.3) is 0 Å². The lowest BCUT2D eigenvalue weighted by molar-refractivity contribution is 0.0531. The summed E-state index contributed by atoms with van der Waals surface area (Å²) in [5.41, 5.74) is 0.778. The molecule has 1 aromatic rings. The quantitative estimate of drug-likeness (QED) is 0.700. The van der Waals surface area contributed by atoms with Crippen LogP contribution in [0.15, 0.2) is 0 Å². The number of carbonyl (C=O) groups is 1. The molecule has 0 N–H and O–H groups in total. The SMILES string of the molecule is CCOC(=O)c1sc(CC)nc1C. The first-order valence-electron chi connectivity index (χ1n) is 4.32. The average Bonchev–Trinajstić information content (AvgIpc) is 2.47. The molecular formula is C9H13NO2S. The summed E-state index contributed by atoms with van der Waals surface area (Å²) in [7, 11) is 0. The van der Waals surface area contributed by atoms with E-state index in [-0.39, 0.29) is 5.97 Å². The lowest BCUT2D eigenvalue weighted by Gasteiger charge is -1.97. The minimum absolute atomic E-state index is 0.253. The Morgan fingerprint density at radius 1 is 1.54 bits per heavy atom. The van der Waals surface area contributed by atoms with Gasteiger partial charge in [-0.05, 0) is 20.3 Å². The molecule has 0 unspecified atom stereocenters. The van der Waals surface area contributed by atoms with E-state index in [0.717, 1.165) is 17.1 Å². The maximum atomic E-state index is 11.3. The van der Waals surface area contributed by atoms with E-state index in [4.69, 9.17) is 4.74 Å². The Balaban J connectivity index is 2.87. The zero-order valence-electron chi connectivity index (χ0n) is 8.09. The third kappa shape index (κ3) is 2.28. The third-order valence-electron chi connectivity index (χ3n) is 1.60. The van der Waals surface area contributed by atoms with Gasteiger partial charge in [-0.3, -0.25) is 0 Å². The van der Waals surface area contributed by atoms with Crippen LogP contribution in [0.4, 0.5) is 0 Å². The van der Waals surface area contributed by atoms with Crippen molar-refractivity contribution in [3.8, 4) is 0 Å². The second-order valence-corrected chi connectivity index (χ2v) is 3.68. The van der Waals surface area contributed by atoms with Gasteiger partial charge in [-0.1, -0.05) is 6.92 Å². The number of ether oxygens (including phenoxy) is 1. The number of hydrogen-bond donors (Lipinski definition) is 0. The average molecular weight is 199 g/mol. The largest absolute Gasteiger partial charge is 0.462 e. The number of hydrogen-bond acceptors (Lipinski definition) is 4. The van der Waals surface area contributed by atoms with Crippen molar-refractivity contribution < 1.29 is 9.53 Å². The topological polar surface area (TPSA) is 39.2 Å². The number of carbonyl (C=O) groups excluding carboxylic acids is 1. The van der Waals surface area contributed by atoms with E-state index in [1.807, 2.05) is 13.8 Å². The molecule has 0 aliphatic rings. The van der Waals surface area contributed by atoms with Crippen LogP contribution in [0, 0.1) is 6.92 Å². The molecule has 0 fully saturated rings. The molecule has 4 heteroatoms. The van der Waals surface area contributed by atoms with Gasteiger partial charge in [0.2, 0.25) is 0 Å². The Bertz CT molecular complexity index is 307. The second kappa shape index (κ2) is 4.37. The molecule has 13 heavy (non-hydrogen) atoms. The summed E-state index contributed by atoms with van der Waals surface area (Å²) in [6.45, 7) is 6.07. The van der Waals surface area contributed by atoms with E-state index < -0.39 is 0 Å². The molecular weight excluding hydrogens is 186 g/mol. The van der Waals surface area contributed by atoms with Crippen LogP contribution in [0.3, 0.4) is 0 Å². The Labute approximate surface area is 81.8 Å². The molecule has 0 aliphatic heterocycles. The van der Waals surface area contributed by atoms with Crippen molar-refractivity contribution >= 4 is 17.3 Å². The van der Waals surface area contributed by atoms with Gasteiger partial charge in [0, 0.05) is 0 Å². The minimum Gasteiger partial charge on any atom is -0.462 e. The molecule has 1 heterocycles. The van der Waals surface area contributed by atoms with E-state index in [9.17, 15) is 4.79 Å². The van der Waals surface area contributed by atoms with Gasteiger partial charge >= 0.3 is 5.97 Å². The summed E-state index contributed by atoms with van der Waals surface area (Å²) < 4.78 is 4.90. The van der Waals surface area contributed by atoms with Gasteiger partial charge in [-0.25, -0.2) is 9.78 Å². The van der Waals surface area contributed by atoms with Crippen LogP contribution in [-0.4, -0.2) is 17.6 Å². The Morgan fingerprint density at radius 2 is 2.23 bits per heavy atom. The molecule has 72 valence electrons. The van der Waals surface area contributed by atoms with Gasteiger partial charge in [0.05, 0.1) is 17.3 Å². The number of aromatic nitrogens is 1. The zero-order valence-corrected chi connectivity index (χ0v) is 8.90. The van der Waals surface area contributed by atoms with Gasteiger partial charge in [-0.2, -0.15) is 0 Å². The van der Waals surface area contributed by atoms with E-state index in [1.54, 1.807) is 6.92 Å². The molecule has 0 bridgehead atoms. The molecule has 0 saturated carbocycles. The Kier molecular flexibility index (Phi) is 3.42. The monoisotopic (exact) mass is 199 g/mol. The maximum Gasteiger partial charge on any atom is 0.350 e. The predicted octanol–water partition coefficient (Wildman–Crippen LogP) is 2.19. The van der Waals surface area contributed by atoms with Crippen molar-refractivity contribution in [2.24, 2.45) is 0 Å². The van der Waals surface area contributed by atoms with Crippen LogP contribution in [0.2, 0.25) is 0 Å². The fourth-order valence-corrected chi connectivity index (χ4v) is 1.89. The molecule has 0 saturated heterocycles. The number of rotatable bonds is 3. The standard InChI is InChI=1S/C9H13NO2S/c1-4-7-10-6(3)8(13-7)9(11)12-5-2/h4-5H2,1-3H3. The van der Waals surface area contributed by atoms with Crippen molar-refractivity contribution in [2.45, 2.75) is 27.2 Å². The van der Waals surface area contributed by atoms with Crippen LogP contribution in [-0.2, 0) is 11.2 Å². The smallest absolute Gasteiger partial charge is 0.350 e. The number of aryl methyl sites for hydroxylation is 2. The maximum absolute atomic E-state index is 11.3. The van der Waals surface area contributed by atoms with Crippen LogP contribution < -0.4 is 0 Å². The molecule has 0 amide bonds. The van der Waals surface area contributed by atoms with Crippen molar-refractivity contribution in [3.05, 3.63) is 15.6 Å². The molecule has 0 atom stereocenters. The van der Waals surface area contributed by atoms with E-state index in [0.29, 0.717) is 11.5 Å². The van der Waals surface area contributed by atoms with Gasteiger partial charge < -0.3 is 4.74 Å². The van der Waals surface area contributed by atoms with Crippen molar-refractivity contribution in [1.29, 1.82) is 0 Å². The highest BCUT2D eigenvalue weighted by Gasteiger charge is 2.14. The summed E-state index contributed by atoms with van der Waals surface area (Å²) in [5, 5.41) is 0.987. The predicted molar refractivity (Wildman–Crippen MR) is 52.2 cm³/mol. The Morgan fingerprint density at radius 3 is 2.69 bits per heavy atom. The number of thiazole rings is 1. The number of esters is 1. The molecule has 0 aromatic carbocycles. The van der Waals surface area contributed by atoms with Gasteiger partial charge in [-0.15, -0.1) is 11.3 Å². The normalized spacial score (nSPS) is 10.1. The van der Waals surface area contributed by atoms with Crippen molar-refractivity contribution in [2.75, 3.05) is 6.61 Å². The summed E-state index contributed by atoms with van der Waals surface area (Å²) >= 11 is 1.42. The first-order chi connectivity index (χ1) is 6.19. The van der Waals surface area contributed by atoms with Gasteiger partial charge in [0.15, 0.2) is 0 Å². The first kappa shape index (κ1) is 10.2. The van der Waals surface area contributed by atoms with Gasteiger partial charge in [0.1, 0.15) is 4.88 Å². The third-order valence-corrected chi connectivity index (χ3v) is 2.89. The van der Waals surface area contributed by atoms with E-state index in [1.165, 1.54) is 11.3 Å². The van der Waals surface area contributed by atoms with Crippen LogP contribution >= 0.6 is 11.3 Å². The van der Waals surface area contributed by atoms with Crippen LogP contribution in [0.1, 0.15) is 34.2 Å². The molecule has 3 nitrogen and oxygen atoms in total. The van der Waals surface area contributed by atoms with Crippen molar-refractivity contribution in [1.82, 2.24) is 4.98 Å². The van der Waals surface area contributed by atoms with Crippen molar-refractivity contribution in [3.63, 3.8) is 0 Å². The second-order valence-electron chi connectivity index (χ2n) is 2.60. The van der Waals surface area contributed by atoms with Crippen LogP contribution in [0.25, 0.3) is 0 Å². The minimum atomic E-state index is -0.253. The summed E-state index contributed by atoms with van der Waals surface area (Å²) in [5.74, 6) is -0.253. The Hall–Kier alpha value is -0.900. The molecule has 0 radical (unpaired) electrons. The highest BCUT2D eigenvalue weighted by atomic mass is 32.1. The summed E-state index contributed by atoms with van der Waals surface area (Å²) in [4.78, 5) is 16.2. The molecule has 0 spiro atoms. The highest BCUT2D eigenvalue weighted by Crippen LogP contribution is 2.19. The fourth-order valence-electron chi connectivity index (χ4n) is 0.990. The van der Waals surface area contributed by atoms with E-state index in [2.05, 4.69) is 4.98 Å². The highest BCUT2D eigenvalue weighted by molar-refractivity contribution is 7.13. The fraction of sp³-hybridized carbons (Fsp3) is 0.556. The molecule has 0 aliphatic carbocycles. The van der Waals surface area contributed by atoms with Crippen LogP contribution in [0.5, 0.6) is 0 Å². The molecule has 1 rings (SSSR count).